The Hall–Kier alpha value is -3.66. The molecule has 0 aliphatic heterocycles. The first kappa shape index (κ1) is 23.0. The Bertz CT molecular complexity index is 1120. The van der Waals surface area contributed by atoms with Gasteiger partial charge in [0.15, 0.2) is 0 Å². The van der Waals surface area contributed by atoms with Crippen LogP contribution in [0.2, 0.25) is 0 Å². The van der Waals surface area contributed by atoms with Crippen molar-refractivity contribution in [2.45, 2.75) is 34.1 Å². The van der Waals surface area contributed by atoms with Crippen molar-refractivity contribution in [1.82, 2.24) is 0 Å². The van der Waals surface area contributed by atoms with Gasteiger partial charge < -0.3 is 22.9 Å². The number of nitrogens with two attached hydrogens (primary N) is 4. The van der Waals surface area contributed by atoms with E-state index in [9.17, 15) is 0 Å². The third-order valence-corrected chi connectivity index (χ3v) is 5.85. The molecule has 8 N–H and O–H groups in total. The van der Waals surface area contributed by atoms with Crippen molar-refractivity contribution in [3.8, 4) is 11.1 Å². The lowest BCUT2D eigenvalue weighted by atomic mass is 9.74. The predicted octanol–water partition coefficient (Wildman–Crippen LogP) is 6.06. The molecule has 32 heavy (non-hydrogen) atoms. The molecule has 3 aromatic carbocycles. The van der Waals surface area contributed by atoms with Crippen molar-refractivity contribution < 1.29 is 0 Å². The molecule has 1 aliphatic carbocycles. The maximum atomic E-state index is 5.87. The van der Waals surface area contributed by atoms with Gasteiger partial charge in [0, 0.05) is 22.8 Å². The Morgan fingerprint density at radius 1 is 0.625 bits per heavy atom. The van der Waals surface area contributed by atoms with Crippen LogP contribution < -0.4 is 22.9 Å². The predicted molar refractivity (Wildman–Crippen MR) is 140 cm³/mol. The van der Waals surface area contributed by atoms with Gasteiger partial charge in [-0.2, -0.15) is 0 Å². The van der Waals surface area contributed by atoms with E-state index in [1.54, 1.807) is 0 Å². The maximum Gasteiger partial charge on any atom is 0.0317 e. The van der Waals surface area contributed by atoms with E-state index in [0.29, 0.717) is 0 Å². The minimum Gasteiger partial charge on any atom is -0.402 e. The van der Waals surface area contributed by atoms with Crippen LogP contribution in [0.3, 0.4) is 0 Å². The Kier molecular flexibility index (Phi) is 6.64. The molecule has 0 heterocycles. The fourth-order valence-corrected chi connectivity index (χ4v) is 4.21. The van der Waals surface area contributed by atoms with Crippen molar-refractivity contribution in [2.75, 3.05) is 17.2 Å². The zero-order valence-electron chi connectivity index (χ0n) is 19.4. The molecule has 0 bridgehead atoms. The van der Waals surface area contributed by atoms with E-state index in [1.807, 2.05) is 42.5 Å². The van der Waals surface area contributed by atoms with Crippen LogP contribution in [0.4, 0.5) is 17.1 Å². The van der Waals surface area contributed by atoms with Gasteiger partial charge in [-0.15, -0.1) is 0 Å². The van der Waals surface area contributed by atoms with Crippen LogP contribution >= 0.6 is 0 Å². The molecule has 0 saturated heterocycles. The highest BCUT2D eigenvalue weighted by molar-refractivity contribution is 5.74. The maximum absolute atomic E-state index is 5.87. The molecule has 3 aromatic rings. The quantitative estimate of drug-likeness (QED) is 0.374. The SMILES string of the molecule is CC1(C)CC(N)=CC=C1c1ccc(N)cc1.Cc1cc(N)ccc1-c1ccc(N)cc1C. The molecular formula is C28H34N4. The molecule has 0 fully saturated rings. The Balaban J connectivity index is 0.000000181. The lowest BCUT2D eigenvalue weighted by Gasteiger charge is -2.31. The van der Waals surface area contributed by atoms with Gasteiger partial charge in [0.2, 0.25) is 0 Å². The highest BCUT2D eigenvalue weighted by Crippen LogP contribution is 2.41. The van der Waals surface area contributed by atoms with Gasteiger partial charge in [-0.05, 0) is 102 Å². The Labute approximate surface area is 191 Å². The molecule has 166 valence electrons. The fraction of sp³-hybridized carbons (Fsp3) is 0.214. The van der Waals surface area contributed by atoms with Crippen LogP contribution in [0.1, 0.15) is 37.0 Å². The zero-order chi connectivity index (χ0) is 23.5. The lowest BCUT2D eigenvalue weighted by molar-refractivity contribution is 0.488. The number of rotatable bonds is 2. The first-order valence-corrected chi connectivity index (χ1v) is 10.8. The summed E-state index contributed by atoms with van der Waals surface area (Å²) in [5.41, 5.74) is 33.9. The molecule has 0 aromatic heterocycles. The largest absolute Gasteiger partial charge is 0.402 e. The molecule has 0 amide bonds. The number of aryl methyl sites for hydroxylation is 2. The van der Waals surface area contributed by atoms with E-state index in [2.05, 4.69) is 58.0 Å². The average molecular weight is 427 g/mol. The third-order valence-electron chi connectivity index (χ3n) is 5.85. The van der Waals surface area contributed by atoms with E-state index in [0.717, 1.165) is 29.2 Å². The molecule has 0 saturated carbocycles. The summed E-state index contributed by atoms with van der Waals surface area (Å²) in [6, 6.07) is 20.0. The van der Waals surface area contributed by atoms with Crippen molar-refractivity contribution in [3.63, 3.8) is 0 Å². The average Bonchev–Trinajstić information content (AvgIpc) is 2.70. The van der Waals surface area contributed by atoms with Crippen LogP contribution in [0, 0.1) is 19.3 Å². The smallest absolute Gasteiger partial charge is 0.0317 e. The molecule has 1 aliphatic rings. The summed E-state index contributed by atoms with van der Waals surface area (Å²) in [6.07, 6.45) is 5.02. The number of hydrogen-bond donors (Lipinski definition) is 4. The minimum atomic E-state index is 0.0922. The van der Waals surface area contributed by atoms with Crippen LogP contribution in [-0.2, 0) is 0 Å². The van der Waals surface area contributed by atoms with E-state index in [-0.39, 0.29) is 5.41 Å². The van der Waals surface area contributed by atoms with Gasteiger partial charge in [0.25, 0.3) is 0 Å². The summed E-state index contributed by atoms with van der Waals surface area (Å²) in [6.45, 7) is 8.58. The highest BCUT2D eigenvalue weighted by atomic mass is 14.6. The molecule has 4 nitrogen and oxygen atoms in total. The zero-order valence-corrected chi connectivity index (χ0v) is 19.4. The number of allylic oxidation sites excluding steroid dienone is 4. The standard InChI is InChI=1S/C14H16N2.C14H18N2/c1-9-7-11(15)3-5-13(9)14-6-4-12(16)8-10(14)2;1-14(2)9-12(16)7-8-13(14)10-3-5-11(15)6-4-10/h3-8H,15-16H2,1-2H3;3-8H,9,15-16H2,1-2H3. The molecular weight excluding hydrogens is 392 g/mol. The molecule has 4 heteroatoms. The summed E-state index contributed by atoms with van der Waals surface area (Å²) in [5, 5.41) is 0. The van der Waals surface area contributed by atoms with E-state index >= 15 is 0 Å². The van der Waals surface area contributed by atoms with Gasteiger partial charge in [-0.1, -0.05) is 44.2 Å². The number of nitrogen functional groups attached to an aromatic ring is 3. The summed E-state index contributed by atoms with van der Waals surface area (Å²) in [5.74, 6) is 0. The fourth-order valence-electron chi connectivity index (χ4n) is 4.21. The Morgan fingerprint density at radius 3 is 1.53 bits per heavy atom. The van der Waals surface area contributed by atoms with Gasteiger partial charge in [-0.25, -0.2) is 0 Å². The van der Waals surface area contributed by atoms with Crippen LogP contribution in [0.5, 0.6) is 0 Å². The molecule has 0 atom stereocenters. The van der Waals surface area contributed by atoms with Crippen LogP contribution in [0.15, 0.2) is 78.5 Å². The lowest BCUT2D eigenvalue weighted by Crippen LogP contribution is -2.20. The summed E-state index contributed by atoms with van der Waals surface area (Å²) < 4.78 is 0. The summed E-state index contributed by atoms with van der Waals surface area (Å²) >= 11 is 0. The normalized spacial score (nSPS) is 14.6. The van der Waals surface area contributed by atoms with Crippen molar-refractivity contribution in [1.29, 1.82) is 0 Å². The van der Waals surface area contributed by atoms with Crippen molar-refractivity contribution in [2.24, 2.45) is 11.1 Å². The first-order valence-electron chi connectivity index (χ1n) is 10.8. The second kappa shape index (κ2) is 9.23. The number of anilines is 3. The highest BCUT2D eigenvalue weighted by Gasteiger charge is 2.27. The summed E-state index contributed by atoms with van der Waals surface area (Å²) in [7, 11) is 0. The Morgan fingerprint density at radius 2 is 1.09 bits per heavy atom. The second-order valence-electron chi connectivity index (χ2n) is 9.15. The van der Waals surface area contributed by atoms with Crippen molar-refractivity contribution >= 4 is 22.6 Å². The van der Waals surface area contributed by atoms with E-state index < -0.39 is 0 Å². The monoisotopic (exact) mass is 426 g/mol. The van der Waals surface area contributed by atoms with E-state index in [4.69, 9.17) is 22.9 Å². The minimum absolute atomic E-state index is 0.0922. The molecule has 0 unspecified atom stereocenters. The van der Waals surface area contributed by atoms with Gasteiger partial charge in [-0.3, -0.25) is 0 Å². The number of benzene rings is 3. The molecule has 0 spiro atoms. The topological polar surface area (TPSA) is 104 Å². The molecule has 4 rings (SSSR count). The van der Waals surface area contributed by atoms with Crippen molar-refractivity contribution in [3.05, 3.63) is 95.2 Å². The number of hydrogen-bond acceptors (Lipinski definition) is 4. The second-order valence-corrected chi connectivity index (χ2v) is 9.15. The molecule has 0 radical (unpaired) electrons. The third kappa shape index (κ3) is 5.33. The van der Waals surface area contributed by atoms with Gasteiger partial charge in [0.1, 0.15) is 0 Å². The van der Waals surface area contributed by atoms with E-state index in [1.165, 1.54) is 33.4 Å². The first-order chi connectivity index (χ1) is 15.1. The van der Waals surface area contributed by atoms with Crippen LogP contribution in [0.25, 0.3) is 16.7 Å². The van der Waals surface area contributed by atoms with Gasteiger partial charge >= 0.3 is 0 Å². The van der Waals surface area contributed by atoms with Gasteiger partial charge in [0.05, 0.1) is 0 Å². The summed E-state index contributed by atoms with van der Waals surface area (Å²) in [4.78, 5) is 0. The van der Waals surface area contributed by atoms with Crippen LogP contribution in [-0.4, -0.2) is 0 Å².